The Hall–Kier alpha value is -2.02. The fourth-order valence-corrected chi connectivity index (χ4v) is 1.31. The summed E-state index contributed by atoms with van der Waals surface area (Å²) in [6, 6.07) is 1.19. The minimum atomic E-state index is -1.59. The van der Waals surface area contributed by atoms with E-state index >= 15 is 0 Å². The van der Waals surface area contributed by atoms with Crippen LogP contribution in [0.5, 0.6) is 0 Å². The Labute approximate surface area is 102 Å². The van der Waals surface area contributed by atoms with Gasteiger partial charge in [-0.25, -0.2) is 4.39 Å². The van der Waals surface area contributed by atoms with Crippen molar-refractivity contribution >= 4 is 11.9 Å². The standard InChI is InChI=1S/C11H13FN2O4/c1-11(18,4-9(15)16)6-14-10(17)7-2-3-13-5-8(7)12/h2-3,5,18H,4,6H2,1H3,(H,14,17)(H,15,16). The maximum absolute atomic E-state index is 13.2. The molecule has 18 heavy (non-hydrogen) atoms. The molecule has 0 aliphatic carbocycles. The number of aliphatic carboxylic acids is 1. The zero-order valence-corrected chi connectivity index (χ0v) is 9.68. The number of amides is 1. The second-order valence-corrected chi connectivity index (χ2v) is 4.11. The summed E-state index contributed by atoms with van der Waals surface area (Å²) in [7, 11) is 0. The number of carbonyl (C=O) groups excluding carboxylic acids is 1. The summed E-state index contributed by atoms with van der Waals surface area (Å²) < 4.78 is 13.2. The summed E-state index contributed by atoms with van der Waals surface area (Å²) >= 11 is 0. The Bertz CT molecular complexity index is 462. The smallest absolute Gasteiger partial charge is 0.306 e. The fraction of sp³-hybridized carbons (Fsp3) is 0.364. The van der Waals surface area contributed by atoms with Crippen LogP contribution in [0.2, 0.25) is 0 Å². The molecule has 98 valence electrons. The highest BCUT2D eigenvalue weighted by atomic mass is 19.1. The molecule has 0 fully saturated rings. The van der Waals surface area contributed by atoms with Crippen LogP contribution in [-0.4, -0.2) is 39.2 Å². The van der Waals surface area contributed by atoms with Gasteiger partial charge in [0.2, 0.25) is 0 Å². The first-order valence-electron chi connectivity index (χ1n) is 5.14. The van der Waals surface area contributed by atoms with Crippen molar-refractivity contribution in [2.24, 2.45) is 0 Å². The van der Waals surface area contributed by atoms with Crippen LogP contribution in [0.25, 0.3) is 0 Å². The lowest BCUT2D eigenvalue weighted by molar-refractivity contribution is -0.141. The van der Waals surface area contributed by atoms with Crippen molar-refractivity contribution in [2.75, 3.05) is 6.54 Å². The largest absolute Gasteiger partial charge is 0.481 e. The molecule has 1 amide bonds. The van der Waals surface area contributed by atoms with E-state index in [-0.39, 0.29) is 12.1 Å². The van der Waals surface area contributed by atoms with Gasteiger partial charge in [-0.3, -0.25) is 14.6 Å². The third-order valence-electron chi connectivity index (χ3n) is 2.18. The third kappa shape index (κ3) is 4.10. The minimum Gasteiger partial charge on any atom is -0.481 e. The Balaban J connectivity index is 2.62. The molecule has 1 atom stereocenters. The van der Waals surface area contributed by atoms with E-state index in [1.54, 1.807) is 0 Å². The molecule has 1 aromatic rings. The van der Waals surface area contributed by atoms with E-state index in [9.17, 15) is 19.1 Å². The van der Waals surface area contributed by atoms with Crippen LogP contribution in [0.4, 0.5) is 4.39 Å². The summed E-state index contributed by atoms with van der Waals surface area (Å²) in [5.74, 6) is -2.71. The SMILES string of the molecule is CC(O)(CNC(=O)c1ccncc1F)CC(=O)O. The quantitative estimate of drug-likeness (QED) is 0.697. The fourth-order valence-electron chi connectivity index (χ4n) is 1.31. The van der Waals surface area contributed by atoms with Crippen molar-refractivity contribution in [1.29, 1.82) is 0 Å². The van der Waals surface area contributed by atoms with Crippen LogP contribution in [-0.2, 0) is 4.79 Å². The van der Waals surface area contributed by atoms with Crippen molar-refractivity contribution in [2.45, 2.75) is 18.9 Å². The van der Waals surface area contributed by atoms with Crippen LogP contribution >= 0.6 is 0 Å². The van der Waals surface area contributed by atoms with Crippen LogP contribution in [0.15, 0.2) is 18.5 Å². The molecular weight excluding hydrogens is 243 g/mol. The number of aliphatic hydroxyl groups is 1. The predicted molar refractivity (Wildman–Crippen MR) is 59.4 cm³/mol. The zero-order chi connectivity index (χ0) is 13.8. The molecule has 3 N–H and O–H groups in total. The van der Waals surface area contributed by atoms with E-state index in [0.717, 1.165) is 6.20 Å². The van der Waals surface area contributed by atoms with E-state index in [0.29, 0.717) is 0 Å². The van der Waals surface area contributed by atoms with Crippen molar-refractivity contribution in [1.82, 2.24) is 10.3 Å². The van der Waals surface area contributed by atoms with Gasteiger partial charge >= 0.3 is 5.97 Å². The molecule has 0 aliphatic rings. The number of hydrogen-bond donors (Lipinski definition) is 3. The first-order chi connectivity index (χ1) is 8.32. The number of nitrogens with zero attached hydrogens (tertiary/aromatic N) is 1. The Morgan fingerprint density at radius 2 is 2.22 bits per heavy atom. The lowest BCUT2D eigenvalue weighted by Gasteiger charge is -2.21. The minimum absolute atomic E-state index is 0.212. The molecular formula is C11H13FN2O4. The topological polar surface area (TPSA) is 99.5 Å². The van der Waals surface area contributed by atoms with Crippen molar-refractivity contribution < 1.29 is 24.2 Å². The summed E-state index contributed by atoms with van der Waals surface area (Å²) in [4.78, 5) is 25.5. The van der Waals surface area contributed by atoms with Crippen LogP contribution in [0.3, 0.4) is 0 Å². The van der Waals surface area contributed by atoms with Crippen LogP contribution in [0.1, 0.15) is 23.7 Å². The average Bonchev–Trinajstić information content (AvgIpc) is 2.25. The molecule has 1 unspecified atom stereocenters. The monoisotopic (exact) mass is 256 g/mol. The van der Waals surface area contributed by atoms with Crippen molar-refractivity contribution in [3.8, 4) is 0 Å². The maximum atomic E-state index is 13.2. The molecule has 0 saturated carbocycles. The highest BCUT2D eigenvalue weighted by Crippen LogP contribution is 2.09. The van der Waals surface area contributed by atoms with Gasteiger partial charge in [0.15, 0.2) is 5.82 Å². The van der Waals surface area contributed by atoms with E-state index in [1.165, 1.54) is 19.2 Å². The number of nitrogens with one attached hydrogen (secondary N) is 1. The molecule has 1 aromatic heterocycles. The third-order valence-corrected chi connectivity index (χ3v) is 2.18. The summed E-state index contributed by atoms with van der Waals surface area (Å²) in [5, 5.41) is 20.4. The van der Waals surface area contributed by atoms with Gasteiger partial charge in [-0.2, -0.15) is 0 Å². The van der Waals surface area contributed by atoms with Crippen molar-refractivity contribution in [3.05, 3.63) is 29.8 Å². The van der Waals surface area contributed by atoms with Gasteiger partial charge in [0.05, 0.1) is 23.8 Å². The van der Waals surface area contributed by atoms with E-state index in [4.69, 9.17) is 5.11 Å². The Morgan fingerprint density at radius 1 is 1.56 bits per heavy atom. The average molecular weight is 256 g/mol. The van der Waals surface area contributed by atoms with Gasteiger partial charge in [-0.1, -0.05) is 0 Å². The molecule has 0 radical (unpaired) electrons. The van der Waals surface area contributed by atoms with Gasteiger partial charge in [0.1, 0.15) is 0 Å². The van der Waals surface area contributed by atoms with Crippen molar-refractivity contribution in [3.63, 3.8) is 0 Å². The van der Waals surface area contributed by atoms with Gasteiger partial charge in [-0.15, -0.1) is 0 Å². The Kier molecular flexibility index (Phi) is 4.33. The molecule has 1 heterocycles. The summed E-state index contributed by atoms with van der Waals surface area (Å²) in [6.45, 7) is 0.976. The molecule has 0 spiro atoms. The number of aromatic nitrogens is 1. The molecule has 0 aliphatic heterocycles. The summed E-state index contributed by atoms with van der Waals surface area (Å²) in [5.41, 5.74) is -1.80. The second kappa shape index (κ2) is 5.54. The highest BCUT2D eigenvalue weighted by Gasteiger charge is 2.25. The lowest BCUT2D eigenvalue weighted by Crippen LogP contribution is -2.42. The second-order valence-electron chi connectivity index (χ2n) is 4.11. The highest BCUT2D eigenvalue weighted by molar-refractivity contribution is 5.94. The molecule has 1 rings (SSSR count). The number of rotatable bonds is 5. The first kappa shape index (κ1) is 14.0. The normalized spacial score (nSPS) is 13.7. The van der Waals surface area contributed by atoms with E-state index in [2.05, 4.69) is 10.3 Å². The van der Waals surface area contributed by atoms with Gasteiger partial charge < -0.3 is 15.5 Å². The number of hydrogen-bond acceptors (Lipinski definition) is 4. The van der Waals surface area contributed by atoms with Gasteiger partial charge in [-0.05, 0) is 13.0 Å². The lowest BCUT2D eigenvalue weighted by atomic mass is 10.0. The maximum Gasteiger partial charge on any atom is 0.306 e. The van der Waals surface area contributed by atoms with E-state index in [1.807, 2.05) is 0 Å². The molecule has 0 bridgehead atoms. The van der Waals surface area contributed by atoms with Crippen LogP contribution < -0.4 is 5.32 Å². The number of pyridine rings is 1. The van der Waals surface area contributed by atoms with Crippen LogP contribution in [0, 0.1) is 5.82 Å². The molecule has 7 heteroatoms. The van der Waals surface area contributed by atoms with E-state index < -0.39 is 29.7 Å². The number of carboxylic acids is 1. The zero-order valence-electron chi connectivity index (χ0n) is 9.68. The first-order valence-corrected chi connectivity index (χ1v) is 5.14. The predicted octanol–water partition coefficient (Wildman–Crippen LogP) is 0.176. The van der Waals surface area contributed by atoms with Gasteiger partial charge in [0.25, 0.3) is 5.91 Å². The molecule has 0 aromatic carbocycles. The molecule has 0 saturated heterocycles. The number of carbonyl (C=O) groups is 2. The summed E-state index contributed by atoms with van der Waals surface area (Å²) in [6.07, 6.45) is 1.63. The van der Waals surface area contributed by atoms with Gasteiger partial charge in [0, 0.05) is 12.7 Å². The number of halogens is 1. The number of carboxylic acid groups (broad SMARTS) is 1. The molecule has 6 nitrogen and oxygen atoms in total. The Morgan fingerprint density at radius 3 is 2.78 bits per heavy atom.